The van der Waals surface area contributed by atoms with Crippen molar-refractivity contribution in [3.05, 3.63) is 58.9 Å². The predicted octanol–water partition coefficient (Wildman–Crippen LogP) is 3.08. The van der Waals surface area contributed by atoms with Gasteiger partial charge in [-0.3, -0.25) is 4.79 Å². The monoisotopic (exact) mass is 298 g/mol. The second-order valence-electron chi connectivity index (χ2n) is 4.93. The zero-order chi connectivity index (χ0) is 14.8. The van der Waals surface area contributed by atoms with Crippen molar-refractivity contribution in [1.82, 2.24) is 19.4 Å². The van der Waals surface area contributed by atoms with Crippen molar-refractivity contribution in [2.45, 2.75) is 19.8 Å². The SMILES string of the molecule is CC(C)c1nnsc1C(=O)c1ccnn1-c1ccccc1. The van der Waals surface area contributed by atoms with E-state index in [1.807, 2.05) is 44.2 Å². The molecule has 0 N–H and O–H groups in total. The van der Waals surface area contributed by atoms with Gasteiger partial charge in [0.1, 0.15) is 10.6 Å². The molecule has 106 valence electrons. The van der Waals surface area contributed by atoms with Crippen LogP contribution in [0.25, 0.3) is 5.69 Å². The number of ketones is 1. The van der Waals surface area contributed by atoms with E-state index in [4.69, 9.17) is 0 Å². The molecule has 5 nitrogen and oxygen atoms in total. The standard InChI is InChI=1S/C15H14N4OS/c1-10(2)13-15(21-18-17-13)14(20)12-8-9-16-19(12)11-6-4-3-5-7-11/h3-10H,1-2H3. The van der Waals surface area contributed by atoms with E-state index < -0.39 is 0 Å². The molecule has 0 amide bonds. The molecular weight excluding hydrogens is 284 g/mol. The summed E-state index contributed by atoms with van der Waals surface area (Å²) in [5, 5.41) is 8.32. The van der Waals surface area contributed by atoms with Gasteiger partial charge in [0.15, 0.2) is 0 Å². The topological polar surface area (TPSA) is 60.7 Å². The minimum atomic E-state index is -0.0879. The maximum atomic E-state index is 12.8. The lowest BCUT2D eigenvalue weighted by atomic mass is 10.1. The summed E-state index contributed by atoms with van der Waals surface area (Å²) in [5.41, 5.74) is 2.12. The number of carbonyl (C=O) groups is 1. The molecular formula is C15H14N4OS. The van der Waals surface area contributed by atoms with E-state index in [1.165, 1.54) is 0 Å². The lowest BCUT2D eigenvalue weighted by molar-refractivity contribution is 0.103. The Hall–Kier alpha value is -2.34. The molecule has 1 aromatic carbocycles. The fourth-order valence-corrected chi connectivity index (χ4v) is 2.87. The first-order valence-electron chi connectivity index (χ1n) is 6.65. The summed E-state index contributed by atoms with van der Waals surface area (Å²) in [6.07, 6.45) is 1.63. The molecule has 0 aliphatic heterocycles. The Labute approximate surface area is 126 Å². The lowest BCUT2D eigenvalue weighted by Crippen LogP contribution is -2.11. The van der Waals surface area contributed by atoms with Crippen LogP contribution in [0.2, 0.25) is 0 Å². The largest absolute Gasteiger partial charge is 0.286 e. The van der Waals surface area contributed by atoms with Crippen LogP contribution in [0.15, 0.2) is 42.6 Å². The Morgan fingerprint density at radius 2 is 1.95 bits per heavy atom. The van der Waals surface area contributed by atoms with Crippen LogP contribution in [0.1, 0.15) is 40.8 Å². The molecule has 6 heteroatoms. The summed E-state index contributed by atoms with van der Waals surface area (Å²) in [6.45, 7) is 4.00. The van der Waals surface area contributed by atoms with Gasteiger partial charge in [-0.25, -0.2) is 4.68 Å². The van der Waals surface area contributed by atoms with Gasteiger partial charge in [-0.1, -0.05) is 36.5 Å². The summed E-state index contributed by atoms with van der Waals surface area (Å²) < 4.78 is 5.56. The molecule has 0 atom stereocenters. The van der Waals surface area contributed by atoms with Gasteiger partial charge in [0.25, 0.3) is 0 Å². The third-order valence-electron chi connectivity index (χ3n) is 3.14. The molecule has 0 spiro atoms. The summed E-state index contributed by atoms with van der Waals surface area (Å²) >= 11 is 1.14. The van der Waals surface area contributed by atoms with Crippen molar-refractivity contribution in [2.24, 2.45) is 0 Å². The van der Waals surface area contributed by atoms with Crippen molar-refractivity contribution in [3.8, 4) is 5.69 Å². The summed E-state index contributed by atoms with van der Waals surface area (Å²) in [6, 6.07) is 11.3. The first-order valence-corrected chi connectivity index (χ1v) is 7.42. The second kappa shape index (κ2) is 5.57. The molecule has 0 radical (unpaired) electrons. The molecule has 0 saturated carbocycles. The highest BCUT2D eigenvalue weighted by Gasteiger charge is 2.23. The molecule has 21 heavy (non-hydrogen) atoms. The Balaban J connectivity index is 2.04. The highest BCUT2D eigenvalue weighted by atomic mass is 32.1. The normalized spacial score (nSPS) is 11.0. The number of para-hydroxylation sites is 1. The minimum Gasteiger partial charge on any atom is -0.286 e. The molecule has 0 fully saturated rings. The Morgan fingerprint density at radius 3 is 2.67 bits per heavy atom. The molecule has 3 rings (SSSR count). The molecule has 0 bridgehead atoms. The maximum Gasteiger partial charge on any atom is 0.224 e. The van der Waals surface area contributed by atoms with Gasteiger partial charge in [0.2, 0.25) is 5.78 Å². The maximum absolute atomic E-state index is 12.8. The summed E-state index contributed by atoms with van der Waals surface area (Å²) in [4.78, 5) is 13.3. The zero-order valence-electron chi connectivity index (χ0n) is 11.7. The van der Waals surface area contributed by atoms with Gasteiger partial charge in [-0.05, 0) is 35.6 Å². The molecule has 0 unspecified atom stereocenters. The lowest BCUT2D eigenvalue weighted by Gasteiger charge is -2.07. The van der Waals surface area contributed by atoms with E-state index in [0.29, 0.717) is 10.6 Å². The third-order valence-corrected chi connectivity index (χ3v) is 3.88. The number of rotatable bonds is 4. The smallest absolute Gasteiger partial charge is 0.224 e. The summed E-state index contributed by atoms with van der Waals surface area (Å²) in [7, 11) is 0. The van der Waals surface area contributed by atoms with Gasteiger partial charge >= 0.3 is 0 Å². The van der Waals surface area contributed by atoms with Crippen molar-refractivity contribution >= 4 is 17.3 Å². The van der Waals surface area contributed by atoms with Crippen LogP contribution in [0.4, 0.5) is 0 Å². The first kappa shape index (κ1) is 13.6. The van der Waals surface area contributed by atoms with E-state index in [1.54, 1.807) is 16.9 Å². The first-order chi connectivity index (χ1) is 10.2. The fourth-order valence-electron chi connectivity index (χ4n) is 2.10. The van der Waals surface area contributed by atoms with E-state index in [0.717, 1.165) is 22.9 Å². The van der Waals surface area contributed by atoms with Crippen LogP contribution < -0.4 is 0 Å². The third kappa shape index (κ3) is 2.50. The molecule has 3 aromatic rings. The Morgan fingerprint density at radius 1 is 1.19 bits per heavy atom. The van der Waals surface area contributed by atoms with Gasteiger partial charge in [-0.15, -0.1) is 5.10 Å². The van der Waals surface area contributed by atoms with E-state index in [-0.39, 0.29) is 11.7 Å². The van der Waals surface area contributed by atoms with Crippen LogP contribution in [0, 0.1) is 0 Å². The number of benzene rings is 1. The fraction of sp³-hybridized carbons (Fsp3) is 0.200. The quantitative estimate of drug-likeness (QED) is 0.694. The number of hydrogen-bond donors (Lipinski definition) is 0. The second-order valence-corrected chi connectivity index (χ2v) is 5.69. The predicted molar refractivity (Wildman–Crippen MR) is 81.0 cm³/mol. The van der Waals surface area contributed by atoms with Gasteiger partial charge < -0.3 is 0 Å². The van der Waals surface area contributed by atoms with Gasteiger partial charge in [0, 0.05) is 0 Å². The number of carbonyl (C=O) groups excluding carboxylic acids is 1. The van der Waals surface area contributed by atoms with Crippen molar-refractivity contribution in [3.63, 3.8) is 0 Å². The van der Waals surface area contributed by atoms with Crippen LogP contribution in [-0.2, 0) is 0 Å². The molecule has 0 saturated heterocycles. The van der Waals surface area contributed by atoms with Gasteiger partial charge in [-0.2, -0.15) is 5.10 Å². The molecule has 0 aliphatic carbocycles. The molecule has 2 heterocycles. The van der Waals surface area contributed by atoms with Crippen LogP contribution >= 0.6 is 11.5 Å². The average molecular weight is 298 g/mol. The number of hydrogen-bond acceptors (Lipinski definition) is 5. The van der Waals surface area contributed by atoms with Crippen LogP contribution in [0.5, 0.6) is 0 Å². The van der Waals surface area contributed by atoms with E-state index >= 15 is 0 Å². The Kier molecular flexibility index (Phi) is 3.62. The Bertz CT molecular complexity index is 761. The number of aromatic nitrogens is 4. The van der Waals surface area contributed by atoms with Crippen molar-refractivity contribution in [2.75, 3.05) is 0 Å². The highest BCUT2D eigenvalue weighted by Crippen LogP contribution is 2.23. The van der Waals surface area contributed by atoms with Crippen LogP contribution in [-0.4, -0.2) is 25.2 Å². The zero-order valence-corrected chi connectivity index (χ0v) is 12.5. The van der Waals surface area contributed by atoms with Gasteiger partial charge in [0.05, 0.1) is 17.6 Å². The minimum absolute atomic E-state index is 0.0879. The highest BCUT2D eigenvalue weighted by molar-refractivity contribution is 7.08. The summed E-state index contributed by atoms with van der Waals surface area (Å²) in [5.74, 6) is 0.0749. The average Bonchev–Trinajstić information content (AvgIpc) is 3.16. The van der Waals surface area contributed by atoms with E-state index in [9.17, 15) is 4.79 Å². The number of nitrogens with zero attached hydrogens (tertiary/aromatic N) is 4. The van der Waals surface area contributed by atoms with Crippen molar-refractivity contribution in [1.29, 1.82) is 0 Å². The van der Waals surface area contributed by atoms with Crippen molar-refractivity contribution < 1.29 is 4.79 Å². The molecule has 0 aliphatic rings. The molecule has 2 aromatic heterocycles. The van der Waals surface area contributed by atoms with Crippen LogP contribution in [0.3, 0.4) is 0 Å². The van der Waals surface area contributed by atoms with E-state index in [2.05, 4.69) is 14.7 Å².